The lowest BCUT2D eigenvalue weighted by Crippen LogP contribution is -2.49. The Balaban J connectivity index is 1.89. The molecule has 0 atom stereocenters. The molecule has 0 radical (unpaired) electrons. The summed E-state index contributed by atoms with van der Waals surface area (Å²) in [6, 6.07) is -0.701. The summed E-state index contributed by atoms with van der Waals surface area (Å²) in [5.41, 5.74) is -0.0444. The molecule has 1 N–H and O–H groups in total. The molecule has 1 fully saturated rings. The van der Waals surface area contributed by atoms with E-state index >= 15 is 0 Å². The van der Waals surface area contributed by atoms with Gasteiger partial charge in [-0.15, -0.1) is 0 Å². The predicted octanol–water partition coefficient (Wildman–Crippen LogP) is 4.67. The van der Waals surface area contributed by atoms with Crippen molar-refractivity contribution < 1.29 is 37.2 Å². The Kier molecular flexibility index (Phi) is 3.41. The van der Waals surface area contributed by atoms with E-state index in [0.717, 1.165) is 21.9 Å². The molecule has 5 nitrogen and oxygen atoms in total. The van der Waals surface area contributed by atoms with E-state index in [0.29, 0.717) is 5.56 Å². The molecule has 0 spiro atoms. The van der Waals surface area contributed by atoms with E-state index in [4.69, 9.17) is 28.0 Å². The molecule has 2 aromatic rings. The summed E-state index contributed by atoms with van der Waals surface area (Å²) < 4.78 is 154. The zero-order chi connectivity index (χ0) is 37.0. The van der Waals surface area contributed by atoms with Crippen molar-refractivity contribution in [3.05, 3.63) is 65.4 Å². The molecule has 0 bridgehead atoms. The van der Waals surface area contributed by atoms with Gasteiger partial charge >= 0.3 is 6.03 Å². The normalized spacial score (nSPS) is 28.0. The highest BCUT2D eigenvalue weighted by molar-refractivity contribution is 5.74. The number of ether oxygens (including phenoxy) is 1. The van der Waals surface area contributed by atoms with Gasteiger partial charge in [0, 0.05) is 34.2 Å². The Bertz CT molecular complexity index is 1450. The number of hydrogen-bond donors (Lipinski definition) is 1. The molecule has 168 valence electrons. The Morgan fingerprint density at radius 1 is 1.32 bits per heavy atom. The third kappa shape index (κ3) is 7.24. The van der Waals surface area contributed by atoms with Crippen LogP contribution in [0.25, 0.3) is 0 Å². The smallest absolute Gasteiger partial charge is 0.318 e. The van der Waals surface area contributed by atoms with E-state index in [1.54, 1.807) is 0 Å². The number of halogens is 1. The van der Waals surface area contributed by atoms with Crippen molar-refractivity contribution in [1.29, 1.82) is 0 Å². The van der Waals surface area contributed by atoms with Gasteiger partial charge in [-0.2, -0.15) is 0 Å². The first-order valence-electron chi connectivity index (χ1n) is 17.9. The Hall–Kier alpha value is -2.60. The predicted molar refractivity (Wildman–Crippen MR) is 121 cm³/mol. The number of piperidine rings is 1. The lowest BCUT2D eigenvalue weighted by Gasteiger charge is -2.37. The molecule has 0 unspecified atom stereocenters. The van der Waals surface area contributed by atoms with Gasteiger partial charge in [-0.05, 0) is 74.1 Å². The first-order valence-corrected chi connectivity index (χ1v) is 9.40. The number of amides is 2. The number of benzene rings is 2. The fourth-order valence-corrected chi connectivity index (χ4v) is 2.84. The molecular formula is C25H34FN3O2. The van der Waals surface area contributed by atoms with Crippen LogP contribution in [0.15, 0.2) is 48.4 Å². The molecule has 1 aliphatic heterocycles. The van der Waals surface area contributed by atoms with Gasteiger partial charge in [-0.25, -0.2) is 9.18 Å². The molecule has 3 rings (SSSR count). The summed E-state index contributed by atoms with van der Waals surface area (Å²) in [6.45, 7) is -16.2. The van der Waals surface area contributed by atoms with E-state index < -0.39 is 101 Å². The second-order valence-corrected chi connectivity index (χ2v) is 6.74. The quantitative estimate of drug-likeness (QED) is 0.644. The number of urea groups is 1. The maximum absolute atomic E-state index is 14.2. The summed E-state index contributed by atoms with van der Waals surface area (Å²) in [7, 11) is 1.23. The average Bonchev–Trinajstić information content (AvgIpc) is 2.95. The number of hydrogen-bond acceptors (Lipinski definition) is 3. The third-order valence-corrected chi connectivity index (χ3v) is 4.44. The van der Waals surface area contributed by atoms with Crippen LogP contribution in [0.3, 0.4) is 0 Å². The maximum Gasteiger partial charge on any atom is 0.318 e. The standard InChI is InChI=1S/C25H34FN3O2/c1-19(2)18-31-24-10-6-20(7-11-24)16-27-25(30)29(23-12-14-28(3)15-13-23)17-21-4-8-22(26)9-5-21/h4-11,19,23H,12-18H2,1-3H3,(H,27,30)/i1D3,2D3,4D,5D,8D,9D,14D2,15D2,18D2,19D. The largest absolute Gasteiger partial charge is 0.493 e. The van der Waals surface area contributed by atoms with Crippen LogP contribution in [0.5, 0.6) is 5.75 Å². The van der Waals surface area contributed by atoms with E-state index in [1.165, 1.54) is 19.2 Å². The number of likely N-dealkylation sites (tertiary alicyclic amines) is 1. The van der Waals surface area contributed by atoms with Crippen LogP contribution in [0.1, 0.15) is 61.0 Å². The Morgan fingerprint density at radius 2 is 2.00 bits per heavy atom. The number of nitrogens with one attached hydrogen (secondary N) is 1. The van der Waals surface area contributed by atoms with Gasteiger partial charge in [-0.3, -0.25) is 0 Å². The molecular weight excluding hydrogens is 393 g/mol. The van der Waals surface area contributed by atoms with Gasteiger partial charge in [0.25, 0.3) is 0 Å². The molecule has 0 aromatic heterocycles. The Morgan fingerprint density at radius 3 is 2.65 bits per heavy atom. The SMILES string of the molecule is [2H]c1c([2H])c(CN(C(=O)NCc2ccc(OC([2H])([2H])C([2H])(C([2H])([2H])[2H])C([2H])([2H])[2H])cc2)C2CC([2H])([2H])N(C)C([2H])([2H])C2)c([2H])c([2H])c1F. The van der Waals surface area contributed by atoms with Crippen molar-refractivity contribution >= 4 is 6.03 Å². The van der Waals surface area contributed by atoms with Crippen LogP contribution >= 0.6 is 0 Å². The van der Waals surface area contributed by atoms with Crippen molar-refractivity contribution in [2.45, 2.75) is 45.7 Å². The number of nitrogens with zero attached hydrogens (tertiary/aromatic N) is 2. The number of carbonyl (C=O) groups excluding carboxylic acids is 1. The highest BCUT2D eigenvalue weighted by atomic mass is 19.1. The molecule has 0 aliphatic carbocycles. The molecule has 2 amide bonds. The second-order valence-electron chi connectivity index (χ2n) is 6.74. The van der Waals surface area contributed by atoms with Crippen molar-refractivity contribution in [3.63, 3.8) is 0 Å². The monoisotopic (exact) mass is 444 g/mol. The lowest BCUT2D eigenvalue weighted by atomic mass is 10.0. The fourth-order valence-electron chi connectivity index (χ4n) is 2.84. The first-order chi connectivity index (χ1) is 21.6. The summed E-state index contributed by atoms with van der Waals surface area (Å²) in [6.07, 6.45) is -0.810. The molecule has 1 aliphatic rings. The topological polar surface area (TPSA) is 44.8 Å². The minimum absolute atomic E-state index is 0.264. The molecule has 6 heteroatoms. The van der Waals surface area contributed by atoms with E-state index in [9.17, 15) is 9.18 Å². The zero-order valence-electron chi connectivity index (χ0n) is 33.8. The Labute approximate surface area is 209 Å². The summed E-state index contributed by atoms with van der Waals surface area (Å²) >= 11 is 0. The first kappa shape index (κ1) is 9.49. The van der Waals surface area contributed by atoms with Gasteiger partial charge in [0.05, 0.1) is 14.8 Å². The lowest BCUT2D eigenvalue weighted by molar-refractivity contribution is 0.127. The van der Waals surface area contributed by atoms with Crippen LogP contribution in [0, 0.1) is 11.7 Å². The van der Waals surface area contributed by atoms with Crippen LogP contribution in [-0.4, -0.2) is 48.5 Å². The van der Waals surface area contributed by atoms with Crippen molar-refractivity contribution in [2.75, 3.05) is 26.6 Å². The number of carbonyl (C=O) groups is 1. The minimum Gasteiger partial charge on any atom is -0.493 e. The zero-order valence-corrected chi connectivity index (χ0v) is 16.8. The summed E-state index contributed by atoms with van der Waals surface area (Å²) in [5, 5.41) is 2.54. The highest BCUT2D eigenvalue weighted by Gasteiger charge is 2.27. The fraction of sp³-hybridized carbons (Fsp3) is 0.480. The molecule has 1 heterocycles. The second kappa shape index (κ2) is 11.1. The van der Waals surface area contributed by atoms with Crippen molar-refractivity contribution in [2.24, 2.45) is 5.89 Å². The van der Waals surface area contributed by atoms with Crippen LogP contribution in [0.4, 0.5) is 9.18 Å². The number of rotatable bonds is 8. The van der Waals surface area contributed by atoms with Gasteiger partial charge < -0.3 is 19.9 Å². The molecule has 31 heavy (non-hydrogen) atoms. The van der Waals surface area contributed by atoms with Crippen LogP contribution in [-0.2, 0) is 13.1 Å². The molecule has 0 saturated carbocycles. The summed E-state index contributed by atoms with van der Waals surface area (Å²) in [4.78, 5) is 15.4. The summed E-state index contributed by atoms with van der Waals surface area (Å²) in [5.74, 6) is -5.40. The van der Waals surface area contributed by atoms with E-state index in [-0.39, 0.29) is 17.9 Å². The van der Waals surface area contributed by atoms with Gasteiger partial charge in [-0.1, -0.05) is 37.9 Å². The van der Waals surface area contributed by atoms with Crippen LogP contribution in [0.2, 0.25) is 0 Å². The minimum atomic E-state index is -3.66. The third-order valence-electron chi connectivity index (χ3n) is 4.44. The maximum atomic E-state index is 14.2. The van der Waals surface area contributed by atoms with Crippen LogP contribution < -0.4 is 10.1 Å². The average molecular weight is 445 g/mol. The van der Waals surface area contributed by atoms with Crippen molar-refractivity contribution in [1.82, 2.24) is 15.1 Å². The van der Waals surface area contributed by atoms with Gasteiger partial charge in [0.1, 0.15) is 11.6 Å². The van der Waals surface area contributed by atoms with E-state index in [1.807, 2.05) is 0 Å². The van der Waals surface area contributed by atoms with Gasteiger partial charge in [0.15, 0.2) is 0 Å². The highest BCUT2D eigenvalue weighted by Crippen LogP contribution is 2.19. The van der Waals surface area contributed by atoms with Gasteiger partial charge in [0.2, 0.25) is 0 Å². The molecule has 1 saturated heterocycles. The van der Waals surface area contributed by atoms with E-state index in [2.05, 4.69) is 5.32 Å². The molecule has 2 aromatic carbocycles. The van der Waals surface area contributed by atoms with Crippen molar-refractivity contribution in [3.8, 4) is 5.75 Å².